The van der Waals surface area contributed by atoms with Crippen LogP contribution in [0.1, 0.15) is 22.3 Å². The fraction of sp³-hybridized carbons (Fsp3) is 0.200. The van der Waals surface area contributed by atoms with E-state index in [1.807, 2.05) is 10.9 Å². The molecule has 26 heavy (non-hydrogen) atoms. The van der Waals surface area contributed by atoms with Gasteiger partial charge in [-0.05, 0) is 53.1 Å². The molecule has 0 aliphatic carbocycles. The minimum Gasteiger partial charge on any atom is -0.358 e. The molecule has 0 aliphatic heterocycles. The maximum atomic E-state index is 5.38. The van der Waals surface area contributed by atoms with Crippen molar-refractivity contribution in [2.24, 2.45) is 0 Å². The number of thiocarbonyl (C=S) groups is 1. The van der Waals surface area contributed by atoms with Crippen LogP contribution in [0.3, 0.4) is 0 Å². The Kier molecular flexibility index (Phi) is 6.06. The van der Waals surface area contributed by atoms with Crippen LogP contribution in [0.5, 0.6) is 0 Å². The largest absolute Gasteiger partial charge is 0.358 e. The van der Waals surface area contributed by atoms with E-state index in [1.54, 1.807) is 0 Å². The maximum absolute atomic E-state index is 5.38. The van der Waals surface area contributed by atoms with Gasteiger partial charge in [0.25, 0.3) is 0 Å². The smallest absolute Gasteiger partial charge is 0.172 e. The minimum absolute atomic E-state index is 0.548. The Morgan fingerprint density at radius 2 is 1.58 bits per heavy atom. The molecule has 4 nitrogen and oxygen atoms in total. The molecular formula is C20H21BrN4S. The summed E-state index contributed by atoms with van der Waals surface area (Å²) in [6.07, 6.45) is 1.95. The van der Waals surface area contributed by atoms with E-state index in [4.69, 9.17) is 12.2 Å². The quantitative estimate of drug-likeness (QED) is 0.572. The van der Waals surface area contributed by atoms with Gasteiger partial charge in [-0.3, -0.25) is 4.68 Å². The number of aromatic nitrogens is 2. The minimum atomic E-state index is 0.548. The first-order chi connectivity index (χ1) is 12.5. The van der Waals surface area contributed by atoms with E-state index in [2.05, 4.69) is 94.0 Å². The van der Waals surface area contributed by atoms with E-state index in [-0.39, 0.29) is 0 Å². The van der Waals surface area contributed by atoms with Gasteiger partial charge in [0.1, 0.15) is 0 Å². The van der Waals surface area contributed by atoms with Gasteiger partial charge in [-0.2, -0.15) is 5.10 Å². The molecule has 0 spiro atoms. The van der Waals surface area contributed by atoms with Crippen molar-refractivity contribution < 1.29 is 0 Å². The van der Waals surface area contributed by atoms with Gasteiger partial charge < -0.3 is 10.6 Å². The second-order valence-corrected chi connectivity index (χ2v) is 7.56. The molecule has 0 saturated heterocycles. The molecule has 3 aromatic rings. The molecule has 0 amide bonds. The van der Waals surface area contributed by atoms with Crippen molar-refractivity contribution in [1.82, 2.24) is 15.1 Å². The molecule has 134 valence electrons. The van der Waals surface area contributed by atoms with Crippen LogP contribution < -0.4 is 10.6 Å². The van der Waals surface area contributed by atoms with Crippen molar-refractivity contribution in [3.8, 4) is 0 Å². The van der Waals surface area contributed by atoms with E-state index >= 15 is 0 Å². The zero-order valence-electron chi connectivity index (χ0n) is 14.8. The number of halogens is 1. The zero-order chi connectivity index (χ0) is 18.5. The Morgan fingerprint density at radius 1 is 1.00 bits per heavy atom. The third-order valence-electron chi connectivity index (χ3n) is 3.99. The van der Waals surface area contributed by atoms with Gasteiger partial charge >= 0.3 is 0 Å². The summed E-state index contributed by atoms with van der Waals surface area (Å²) >= 11 is 8.92. The monoisotopic (exact) mass is 428 g/mol. The Bertz CT molecular complexity index is 885. The highest BCUT2D eigenvalue weighted by molar-refractivity contribution is 9.10. The first-order valence-electron chi connectivity index (χ1n) is 8.38. The van der Waals surface area contributed by atoms with Gasteiger partial charge in [0.15, 0.2) is 10.9 Å². The highest BCUT2D eigenvalue weighted by Crippen LogP contribution is 2.21. The van der Waals surface area contributed by atoms with Crippen molar-refractivity contribution in [2.45, 2.75) is 26.9 Å². The summed E-state index contributed by atoms with van der Waals surface area (Å²) in [4.78, 5) is 0. The summed E-state index contributed by atoms with van der Waals surface area (Å²) in [5.41, 5.74) is 4.89. The third-order valence-corrected chi connectivity index (χ3v) is 4.81. The van der Waals surface area contributed by atoms with Crippen LogP contribution in [-0.4, -0.2) is 14.9 Å². The SMILES string of the molecule is Cc1ccc(CNC(=S)Nc2nn(Cc3ccc(C)cc3)cc2Br)cc1. The molecule has 2 N–H and O–H groups in total. The Hall–Kier alpha value is -2.18. The van der Waals surface area contributed by atoms with Gasteiger partial charge in [-0.25, -0.2) is 0 Å². The molecular weight excluding hydrogens is 408 g/mol. The zero-order valence-corrected chi connectivity index (χ0v) is 17.2. The van der Waals surface area contributed by atoms with Gasteiger partial charge in [-0.15, -0.1) is 0 Å². The lowest BCUT2D eigenvalue weighted by Gasteiger charge is -2.09. The van der Waals surface area contributed by atoms with Crippen LogP contribution in [0.2, 0.25) is 0 Å². The van der Waals surface area contributed by atoms with Gasteiger partial charge in [-0.1, -0.05) is 59.7 Å². The molecule has 0 saturated carbocycles. The van der Waals surface area contributed by atoms with E-state index in [0.29, 0.717) is 24.0 Å². The third kappa shape index (κ3) is 5.16. The number of aryl methyl sites for hydroxylation is 2. The van der Waals surface area contributed by atoms with Gasteiger partial charge in [0.2, 0.25) is 0 Å². The van der Waals surface area contributed by atoms with Crippen molar-refractivity contribution >= 4 is 39.1 Å². The van der Waals surface area contributed by atoms with E-state index in [0.717, 1.165) is 4.47 Å². The summed E-state index contributed by atoms with van der Waals surface area (Å²) in [6.45, 7) is 5.55. The molecule has 1 heterocycles. The first-order valence-corrected chi connectivity index (χ1v) is 9.58. The summed E-state index contributed by atoms with van der Waals surface area (Å²) < 4.78 is 2.77. The van der Waals surface area contributed by atoms with Gasteiger partial charge in [0.05, 0.1) is 11.0 Å². The fourth-order valence-electron chi connectivity index (χ4n) is 2.48. The van der Waals surface area contributed by atoms with Crippen LogP contribution in [0.15, 0.2) is 59.2 Å². The standard InChI is InChI=1S/C20H21BrN4S/c1-14-3-7-16(8-4-14)11-22-20(26)23-19-18(21)13-25(24-19)12-17-9-5-15(2)6-10-17/h3-10,13H,11-12H2,1-2H3,(H2,22,23,24,26). The lowest BCUT2D eigenvalue weighted by molar-refractivity contribution is 0.689. The Morgan fingerprint density at radius 3 is 2.19 bits per heavy atom. The number of rotatable bonds is 5. The predicted octanol–water partition coefficient (Wildman–Crippen LogP) is 4.80. The Balaban J connectivity index is 1.57. The average molecular weight is 429 g/mol. The molecule has 0 fully saturated rings. The summed E-state index contributed by atoms with van der Waals surface area (Å²) in [5, 5.41) is 11.5. The van der Waals surface area contributed by atoms with Crippen molar-refractivity contribution in [3.05, 3.63) is 81.5 Å². The molecule has 2 aromatic carbocycles. The van der Waals surface area contributed by atoms with Crippen LogP contribution in [0.4, 0.5) is 5.82 Å². The lowest BCUT2D eigenvalue weighted by atomic mass is 10.1. The molecule has 1 aromatic heterocycles. The van der Waals surface area contributed by atoms with Crippen LogP contribution in [-0.2, 0) is 13.1 Å². The van der Waals surface area contributed by atoms with Crippen molar-refractivity contribution in [1.29, 1.82) is 0 Å². The van der Waals surface area contributed by atoms with E-state index in [1.165, 1.54) is 22.3 Å². The van der Waals surface area contributed by atoms with Crippen molar-refractivity contribution in [3.63, 3.8) is 0 Å². The van der Waals surface area contributed by atoms with E-state index < -0.39 is 0 Å². The van der Waals surface area contributed by atoms with Crippen LogP contribution >= 0.6 is 28.1 Å². The number of anilines is 1. The molecule has 0 bridgehead atoms. The summed E-state index contributed by atoms with van der Waals surface area (Å²) in [5.74, 6) is 0.707. The second-order valence-electron chi connectivity index (χ2n) is 6.30. The Labute approximate surface area is 167 Å². The van der Waals surface area contributed by atoms with Crippen LogP contribution in [0.25, 0.3) is 0 Å². The number of hydrogen-bond acceptors (Lipinski definition) is 2. The molecule has 0 radical (unpaired) electrons. The molecule has 3 rings (SSSR count). The lowest BCUT2D eigenvalue weighted by Crippen LogP contribution is -2.28. The van der Waals surface area contributed by atoms with Gasteiger partial charge in [0, 0.05) is 12.7 Å². The van der Waals surface area contributed by atoms with Crippen LogP contribution in [0, 0.1) is 13.8 Å². The fourth-order valence-corrected chi connectivity index (χ4v) is 3.07. The number of benzene rings is 2. The second kappa shape index (κ2) is 8.47. The number of nitrogens with one attached hydrogen (secondary N) is 2. The summed E-state index contributed by atoms with van der Waals surface area (Å²) in [6, 6.07) is 16.8. The van der Waals surface area contributed by atoms with E-state index in [9.17, 15) is 0 Å². The average Bonchev–Trinajstić information content (AvgIpc) is 2.95. The highest BCUT2D eigenvalue weighted by atomic mass is 79.9. The summed E-state index contributed by atoms with van der Waals surface area (Å²) in [7, 11) is 0. The molecule has 0 unspecified atom stereocenters. The topological polar surface area (TPSA) is 41.9 Å². The molecule has 0 atom stereocenters. The maximum Gasteiger partial charge on any atom is 0.172 e. The number of hydrogen-bond donors (Lipinski definition) is 2. The molecule has 6 heteroatoms. The highest BCUT2D eigenvalue weighted by Gasteiger charge is 2.08. The number of nitrogens with zero attached hydrogens (tertiary/aromatic N) is 2. The van der Waals surface area contributed by atoms with Crippen molar-refractivity contribution in [2.75, 3.05) is 5.32 Å². The predicted molar refractivity (Wildman–Crippen MR) is 114 cm³/mol. The normalized spacial score (nSPS) is 10.6. The first kappa shape index (κ1) is 18.6. The molecule has 0 aliphatic rings.